The second-order valence-corrected chi connectivity index (χ2v) is 7.71. The summed E-state index contributed by atoms with van der Waals surface area (Å²) in [5.41, 5.74) is 0. The Morgan fingerprint density at radius 2 is 1.95 bits per heavy atom. The van der Waals surface area contributed by atoms with Gasteiger partial charge < -0.3 is 10.1 Å². The second-order valence-electron chi connectivity index (χ2n) is 5.73. The van der Waals surface area contributed by atoms with E-state index in [0.717, 1.165) is 45.6 Å². The van der Waals surface area contributed by atoms with Crippen LogP contribution in [0.3, 0.4) is 0 Å². The predicted octanol–water partition coefficient (Wildman–Crippen LogP) is -0.279. The average Bonchev–Trinajstić information content (AvgIpc) is 2.45. The van der Waals surface area contributed by atoms with Crippen LogP contribution in [0.1, 0.15) is 19.8 Å². The van der Waals surface area contributed by atoms with Crippen LogP contribution in [0.15, 0.2) is 0 Å². The van der Waals surface area contributed by atoms with Crippen molar-refractivity contribution in [2.45, 2.75) is 31.9 Å². The molecule has 7 heteroatoms. The minimum Gasteiger partial charge on any atom is -0.374 e. The first-order valence-corrected chi connectivity index (χ1v) is 9.36. The maximum Gasteiger partial charge on any atom is 0.211 e. The van der Waals surface area contributed by atoms with E-state index in [4.69, 9.17) is 4.74 Å². The lowest BCUT2D eigenvalue weighted by Crippen LogP contribution is -2.50. The number of sulfonamides is 1. The van der Waals surface area contributed by atoms with Gasteiger partial charge in [-0.25, -0.2) is 12.7 Å². The maximum absolute atomic E-state index is 11.4. The van der Waals surface area contributed by atoms with Crippen LogP contribution in [0.4, 0.5) is 0 Å². The Kier molecular flexibility index (Phi) is 5.80. The molecule has 0 radical (unpaired) electrons. The Hall–Kier alpha value is -0.210. The fourth-order valence-electron chi connectivity index (χ4n) is 2.88. The summed E-state index contributed by atoms with van der Waals surface area (Å²) in [6.45, 7) is 8.20. The number of morpholine rings is 1. The smallest absolute Gasteiger partial charge is 0.211 e. The Morgan fingerprint density at radius 1 is 1.25 bits per heavy atom. The molecule has 0 saturated carbocycles. The third-order valence-corrected chi connectivity index (χ3v) is 5.53. The Balaban J connectivity index is 1.68. The van der Waals surface area contributed by atoms with Gasteiger partial charge in [-0.15, -0.1) is 0 Å². The minimum atomic E-state index is -3.02. The number of likely N-dealkylation sites (N-methyl/N-ethyl adjacent to an activating group) is 1. The molecule has 1 unspecified atom stereocenters. The van der Waals surface area contributed by atoms with E-state index in [2.05, 4.69) is 17.1 Å². The number of nitrogens with zero attached hydrogens (tertiary/aromatic N) is 2. The van der Waals surface area contributed by atoms with Crippen LogP contribution in [0, 0.1) is 0 Å². The number of piperidine rings is 1. The molecule has 2 fully saturated rings. The quantitative estimate of drug-likeness (QED) is 0.757. The molecule has 6 nitrogen and oxygen atoms in total. The van der Waals surface area contributed by atoms with Gasteiger partial charge in [-0.1, -0.05) is 6.92 Å². The van der Waals surface area contributed by atoms with Crippen LogP contribution in [0.5, 0.6) is 0 Å². The topological polar surface area (TPSA) is 61.9 Å². The van der Waals surface area contributed by atoms with Crippen molar-refractivity contribution in [1.29, 1.82) is 0 Å². The molecule has 2 aliphatic rings. The normalized spacial score (nSPS) is 27.8. The second kappa shape index (κ2) is 7.17. The van der Waals surface area contributed by atoms with Gasteiger partial charge in [0.05, 0.1) is 19.0 Å². The van der Waals surface area contributed by atoms with Gasteiger partial charge in [-0.3, -0.25) is 4.90 Å². The Morgan fingerprint density at radius 3 is 2.55 bits per heavy atom. The molecule has 2 heterocycles. The zero-order chi connectivity index (χ0) is 14.6. The number of nitrogens with one attached hydrogen (secondary N) is 1. The van der Waals surface area contributed by atoms with E-state index in [1.807, 2.05) is 0 Å². The highest BCUT2D eigenvalue weighted by Crippen LogP contribution is 2.13. The molecular weight excluding hydrogens is 278 g/mol. The summed E-state index contributed by atoms with van der Waals surface area (Å²) < 4.78 is 30.2. The van der Waals surface area contributed by atoms with Gasteiger partial charge in [-0.2, -0.15) is 0 Å². The van der Waals surface area contributed by atoms with Gasteiger partial charge in [0.1, 0.15) is 0 Å². The molecule has 2 aliphatic heterocycles. The molecule has 1 N–H and O–H groups in total. The Bertz CT molecular complexity index is 394. The fourth-order valence-corrected chi connectivity index (χ4v) is 3.75. The van der Waals surface area contributed by atoms with E-state index in [1.54, 1.807) is 4.31 Å². The maximum atomic E-state index is 11.4. The van der Waals surface area contributed by atoms with Crippen LogP contribution in [-0.4, -0.2) is 81.9 Å². The zero-order valence-electron chi connectivity index (χ0n) is 12.5. The lowest BCUT2D eigenvalue weighted by molar-refractivity contribution is -0.0269. The van der Waals surface area contributed by atoms with E-state index in [9.17, 15) is 8.42 Å². The summed E-state index contributed by atoms with van der Waals surface area (Å²) in [7, 11) is -3.02. The molecule has 0 aromatic heterocycles. The molecule has 0 aromatic carbocycles. The molecule has 20 heavy (non-hydrogen) atoms. The fraction of sp³-hybridized carbons (Fsp3) is 1.00. The summed E-state index contributed by atoms with van der Waals surface area (Å²) in [5.74, 6) is 0. The Labute approximate surface area is 122 Å². The van der Waals surface area contributed by atoms with Gasteiger partial charge in [-0.05, 0) is 19.4 Å². The summed E-state index contributed by atoms with van der Waals surface area (Å²) in [5, 5.41) is 3.53. The summed E-state index contributed by atoms with van der Waals surface area (Å²) >= 11 is 0. The van der Waals surface area contributed by atoms with Crippen molar-refractivity contribution in [2.24, 2.45) is 0 Å². The van der Waals surface area contributed by atoms with Crippen molar-refractivity contribution in [3.05, 3.63) is 0 Å². The van der Waals surface area contributed by atoms with Gasteiger partial charge in [0.2, 0.25) is 10.0 Å². The SMILES string of the molecule is CCN1CCOC(CNC2CCN(S(C)(=O)=O)CC2)C1. The molecule has 2 rings (SSSR count). The summed E-state index contributed by atoms with van der Waals surface area (Å²) in [6.07, 6.45) is 3.32. The van der Waals surface area contributed by atoms with E-state index in [1.165, 1.54) is 6.26 Å². The molecule has 0 spiro atoms. The van der Waals surface area contributed by atoms with Crippen LogP contribution in [0.2, 0.25) is 0 Å². The molecule has 0 aromatic rings. The van der Waals surface area contributed by atoms with Crippen LogP contribution >= 0.6 is 0 Å². The number of rotatable bonds is 5. The van der Waals surface area contributed by atoms with E-state index in [0.29, 0.717) is 19.1 Å². The van der Waals surface area contributed by atoms with E-state index < -0.39 is 10.0 Å². The molecular formula is C13H27N3O3S. The zero-order valence-corrected chi connectivity index (χ0v) is 13.4. The number of hydrogen-bond donors (Lipinski definition) is 1. The molecule has 0 bridgehead atoms. The number of ether oxygens (including phenoxy) is 1. The molecule has 0 amide bonds. The van der Waals surface area contributed by atoms with Crippen molar-refractivity contribution in [3.63, 3.8) is 0 Å². The van der Waals surface area contributed by atoms with Gasteiger partial charge in [0, 0.05) is 38.8 Å². The lowest BCUT2D eigenvalue weighted by atomic mass is 10.1. The van der Waals surface area contributed by atoms with Gasteiger partial charge in [0.25, 0.3) is 0 Å². The summed E-state index contributed by atoms with van der Waals surface area (Å²) in [6, 6.07) is 0.411. The first kappa shape index (κ1) is 16.2. The van der Waals surface area contributed by atoms with Crippen molar-refractivity contribution in [2.75, 3.05) is 52.1 Å². The highest BCUT2D eigenvalue weighted by Gasteiger charge is 2.26. The predicted molar refractivity (Wildman–Crippen MR) is 79.3 cm³/mol. The number of hydrogen-bond acceptors (Lipinski definition) is 5. The van der Waals surface area contributed by atoms with Crippen molar-refractivity contribution < 1.29 is 13.2 Å². The first-order valence-electron chi connectivity index (χ1n) is 7.51. The highest BCUT2D eigenvalue weighted by atomic mass is 32.2. The lowest BCUT2D eigenvalue weighted by Gasteiger charge is -2.35. The van der Waals surface area contributed by atoms with Gasteiger partial charge in [0.15, 0.2) is 0 Å². The molecule has 1 atom stereocenters. The van der Waals surface area contributed by atoms with Crippen LogP contribution in [0.25, 0.3) is 0 Å². The monoisotopic (exact) mass is 305 g/mol. The van der Waals surface area contributed by atoms with Crippen LogP contribution < -0.4 is 5.32 Å². The molecule has 0 aliphatic carbocycles. The van der Waals surface area contributed by atoms with Crippen molar-refractivity contribution in [3.8, 4) is 0 Å². The third-order valence-electron chi connectivity index (χ3n) is 4.23. The highest BCUT2D eigenvalue weighted by molar-refractivity contribution is 7.88. The average molecular weight is 305 g/mol. The van der Waals surface area contributed by atoms with Crippen LogP contribution in [-0.2, 0) is 14.8 Å². The standard InChI is InChI=1S/C13H27N3O3S/c1-3-15-8-9-19-13(11-15)10-14-12-4-6-16(7-5-12)20(2,17)18/h12-14H,3-11H2,1-2H3. The van der Waals surface area contributed by atoms with Gasteiger partial charge >= 0.3 is 0 Å². The van der Waals surface area contributed by atoms with Crippen molar-refractivity contribution in [1.82, 2.24) is 14.5 Å². The van der Waals surface area contributed by atoms with E-state index >= 15 is 0 Å². The summed E-state index contributed by atoms with van der Waals surface area (Å²) in [4.78, 5) is 2.40. The molecule has 118 valence electrons. The minimum absolute atomic E-state index is 0.261. The first-order chi connectivity index (χ1) is 9.49. The van der Waals surface area contributed by atoms with Crippen molar-refractivity contribution >= 4 is 10.0 Å². The molecule has 2 saturated heterocycles. The van der Waals surface area contributed by atoms with E-state index in [-0.39, 0.29) is 6.10 Å². The third kappa shape index (κ3) is 4.66. The largest absolute Gasteiger partial charge is 0.374 e.